The van der Waals surface area contributed by atoms with Gasteiger partial charge >= 0.3 is 0 Å². The molecule has 0 spiro atoms. The van der Waals surface area contributed by atoms with Gasteiger partial charge in [0.1, 0.15) is 0 Å². The molecule has 1 radical (unpaired) electrons. The van der Waals surface area contributed by atoms with E-state index in [2.05, 4.69) is 37.8 Å². The van der Waals surface area contributed by atoms with Crippen molar-refractivity contribution in [3.8, 4) is 11.8 Å². The molecule has 0 amide bonds. The van der Waals surface area contributed by atoms with Crippen LogP contribution in [0.1, 0.15) is 45.4 Å². The molecule has 0 fully saturated rings. The zero-order chi connectivity index (χ0) is 10.2. The molecule has 1 aliphatic carbocycles. The zero-order valence-corrected chi connectivity index (χ0v) is 9.26. The molecule has 0 nitrogen and oxygen atoms in total. The number of allylic oxidation sites excluding steroid dienone is 2. The fourth-order valence-electron chi connectivity index (χ4n) is 1.91. The predicted octanol–water partition coefficient (Wildman–Crippen LogP) is 3.99. The van der Waals surface area contributed by atoms with E-state index >= 15 is 0 Å². The molecule has 1 rings (SSSR count). The Hall–Kier alpha value is -0.700. The molecular formula is C14H21. The van der Waals surface area contributed by atoms with Crippen molar-refractivity contribution < 1.29 is 0 Å². The van der Waals surface area contributed by atoms with Gasteiger partial charge in [-0.1, -0.05) is 50.7 Å². The topological polar surface area (TPSA) is 0 Å². The van der Waals surface area contributed by atoms with Gasteiger partial charge in [0.2, 0.25) is 0 Å². The molecule has 2 atom stereocenters. The van der Waals surface area contributed by atoms with Gasteiger partial charge in [-0.05, 0) is 18.8 Å². The zero-order valence-electron chi connectivity index (χ0n) is 9.26. The highest BCUT2D eigenvalue weighted by Crippen LogP contribution is 2.29. The maximum Gasteiger partial charge on any atom is 0.0268 e. The molecule has 1 aliphatic rings. The SMILES string of the molecule is [CH2]C#CC(CCCCCC)C1C=CC1. The Bertz CT molecular complexity index is 226. The molecule has 0 saturated carbocycles. The van der Waals surface area contributed by atoms with Crippen LogP contribution in [0.2, 0.25) is 0 Å². The van der Waals surface area contributed by atoms with Crippen molar-refractivity contribution in [1.29, 1.82) is 0 Å². The largest absolute Gasteiger partial charge is 0.102 e. The minimum absolute atomic E-state index is 0.578. The van der Waals surface area contributed by atoms with E-state index in [0.29, 0.717) is 5.92 Å². The third-order valence-electron chi connectivity index (χ3n) is 2.96. The smallest absolute Gasteiger partial charge is 0.0268 e. The highest BCUT2D eigenvalue weighted by molar-refractivity contribution is 5.15. The van der Waals surface area contributed by atoms with E-state index in [9.17, 15) is 0 Å². The summed E-state index contributed by atoms with van der Waals surface area (Å²) in [6.07, 6.45) is 12.4. The van der Waals surface area contributed by atoms with Crippen LogP contribution in [0.15, 0.2) is 12.2 Å². The highest BCUT2D eigenvalue weighted by Gasteiger charge is 2.19. The molecule has 0 aromatic rings. The second-order valence-corrected chi connectivity index (χ2v) is 4.10. The quantitative estimate of drug-likeness (QED) is 0.337. The lowest BCUT2D eigenvalue weighted by atomic mass is 9.80. The van der Waals surface area contributed by atoms with Crippen molar-refractivity contribution in [1.82, 2.24) is 0 Å². The van der Waals surface area contributed by atoms with Gasteiger partial charge in [-0.3, -0.25) is 0 Å². The fraction of sp³-hybridized carbons (Fsp3) is 0.643. The highest BCUT2D eigenvalue weighted by atomic mass is 14.2. The van der Waals surface area contributed by atoms with Crippen LogP contribution >= 0.6 is 0 Å². The standard InChI is InChI=1S/C14H21/c1-3-5-6-7-10-13(9-4-2)14-11-8-12-14/h8,11,13-14H,2-3,5-7,10,12H2,1H3. The minimum Gasteiger partial charge on any atom is -0.102 e. The van der Waals surface area contributed by atoms with Gasteiger partial charge in [-0.15, -0.1) is 5.92 Å². The van der Waals surface area contributed by atoms with Crippen molar-refractivity contribution in [2.45, 2.75) is 45.4 Å². The molecule has 0 aromatic carbocycles. The van der Waals surface area contributed by atoms with Crippen LogP contribution in [0, 0.1) is 30.6 Å². The summed E-state index contributed by atoms with van der Waals surface area (Å²) in [5.41, 5.74) is 0. The summed E-state index contributed by atoms with van der Waals surface area (Å²) in [6.45, 7) is 5.88. The Morgan fingerprint density at radius 2 is 2.21 bits per heavy atom. The molecule has 0 N–H and O–H groups in total. The Morgan fingerprint density at radius 1 is 1.43 bits per heavy atom. The number of rotatable bonds is 6. The molecule has 0 heteroatoms. The number of unbranched alkanes of at least 4 members (excludes halogenated alkanes) is 3. The summed E-state index contributed by atoms with van der Waals surface area (Å²) in [7, 11) is 0. The molecule has 0 aromatic heterocycles. The molecule has 14 heavy (non-hydrogen) atoms. The first-order chi connectivity index (χ1) is 6.88. The Balaban J connectivity index is 2.21. The van der Waals surface area contributed by atoms with Crippen LogP contribution in [0.25, 0.3) is 0 Å². The van der Waals surface area contributed by atoms with Crippen molar-refractivity contribution >= 4 is 0 Å². The molecule has 0 saturated heterocycles. The van der Waals surface area contributed by atoms with Crippen LogP contribution in [0.4, 0.5) is 0 Å². The van der Waals surface area contributed by atoms with Crippen molar-refractivity contribution in [3.63, 3.8) is 0 Å². The van der Waals surface area contributed by atoms with E-state index in [1.165, 1.54) is 38.5 Å². The van der Waals surface area contributed by atoms with Gasteiger partial charge in [0.05, 0.1) is 0 Å². The maximum atomic E-state index is 3.63. The fourth-order valence-corrected chi connectivity index (χ4v) is 1.91. The van der Waals surface area contributed by atoms with Gasteiger partial charge < -0.3 is 0 Å². The van der Waals surface area contributed by atoms with Gasteiger partial charge in [-0.2, -0.15) is 0 Å². The Kier molecular flexibility index (Phi) is 5.45. The summed E-state index contributed by atoms with van der Waals surface area (Å²) in [4.78, 5) is 0. The van der Waals surface area contributed by atoms with Gasteiger partial charge in [0, 0.05) is 12.8 Å². The van der Waals surface area contributed by atoms with Crippen LogP contribution in [0.3, 0.4) is 0 Å². The van der Waals surface area contributed by atoms with Gasteiger partial charge in [0.15, 0.2) is 0 Å². The summed E-state index contributed by atoms with van der Waals surface area (Å²) in [6, 6.07) is 0. The second-order valence-electron chi connectivity index (χ2n) is 4.10. The number of hydrogen-bond acceptors (Lipinski definition) is 0. The van der Waals surface area contributed by atoms with Crippen LogP contribution in [-0.4, -0.2) is 0 Å². The lowest BCUT2D eigenvalue weighted by molar-refractivity contribution is 0.416. The summed E-state index contributed by atoms with van der Waals surface area (Å²) in [5.74, 6) is 7.38. The summed E-state index contributed by atoms with van der Waals surface area (Å²) < 4.78 is 0. The van der Waals surface area contributed by atoms with Crippen molar-refractivity contribution in [3.05, 3.63) is 19.1 Å². The predicted molar refractivity (Wildman–Crippen MR) is 62.6 cm³/mol. The van der Waals surface area contributed by atoms with Crippen LogP contribution in [-0.2, 0) is 0 Å². The van der Waals surface area contributed by atoms with E-state index in [0.717, 1.165) is 5.92 Å². The molecule has 77 valence electrons. The average Bonchev–Trinajstić information content (AvgIpc) is 2.10. The molecule has 0 bridgehead atoms. The van der Waals surface area contributed by atoms with Crippen LogP contribution < -0.4 is 0 Å². The normalized spacial score (nSPS) is 20.9. The summed E-state index contributed by atoms with van der Waals surface area (Å²) in [5, 5.41) is 0. The van der Waals surface area contributed by atoms with Crippen LogP contribution in [0.5, 0.6) is 0 Å². The lowest BCUT2D eigenvalue weighted by Gasteiger charge is -2.24. The van der Waals surface area contributed by atoms with E-state index in [1.54, 1.807) is 0 Å². The number of hydrogen-bond donors (Lipinski definition) is 0. The van der Waals surface area contributed by atoms with E-state index < -0.39 is 0 Å². The van der Waals surface area contributed by atoms with E-state index in [-0.39, 0.29) is 0 Å². The third-order valence-corrected chi connectivity index (χ3v) is 2.96. The lowest BCUT2D eigenvalue weighted by Crippen LogP contribution is -2.15. The Labute approximate surface area is 88.8 Å². The van der Waals surface area contributed by atoms with E-state index in [4.69, 9.17) is 0 Å². The van der Waals surface area contributed by atoms with Gasteiger partial charge in [0.25, 0.3) is 0 Å². The second kappa shape index (κ2) is 6.71. The molecule has 0 heterocycles. The first-order valence-corrected chi connectivity index (χ1v) is 5.82. The third kappa shape index (κ3) is 3.58. The average molecular weight is 189 g/mol. The van der Waals surface area contributed by atoms with Crippen molar-refractivity contribution in [2.24, 2.45) is 11.8 Å². The maximum absolute atomic E-state index is 3.63. The van der Waals surface area contributed by atoms with E-state index in [1.807, 2.05) is 0 Å². The Morgan fingerprint density at radius 3 is 2.71 bits per heavy atom. The summed E-state index contributed by atoms with van der Waals surface area (Å²) >= 11 is 0. The monoisotopic (exact) mass is 189 g/mol. The first kappa shape index (κ1) is 11.4. The molecular weight excluding hydrogens is 168 g/mol. The van der Waals surface area contributed by atoms with Crippen molar-refractivity contribution in [2.75, 3.05) is 0 Å². The minimum atomic E-state index is 0.578. The molecule has 0 aliphatic heterocycles. The first-order valence-electron chi connectivity index (χ1n) is 5.82. The van der Waals surface area contributed by atoms with Gasteiger partial charge in [-0.25, -0.2) is 0 Å². The molecule has 2 unspecified atom stereocenters.